The fourth-order valence-corrected chi connectivity index (χ4v) is 4.57. The lowest BCUT2D eigenvalue weighted by atomic mass is 9.72. The summed E-state index contributed by atoms with van der Waals surface area (Å²) < 4.78 is 17.4. The van der Waals surface area contributed by atoms with E-state index in [1.54, 1.807) is 6.26 Å². The van der Waals surface area contributed by atoms with E-state index in [-0.39, 0.29) is 5.60 Å². The van der Waals surface area contributed by atoms with Crippen molar-refractivity contribution in [1.82, 2.24) is 0 Å². The van der Waals surface area contributed by atoms with Gasteiger partial charge in [0.1, 0.15) is 6.10 Å². The van der Waals surface area contributed by atoms with Gasteiger partial charge in [-0.3, -0.25) is 0 Å². The van der Waals surface area contributed by atoms with Crippen molar-refractivity contribution >= 4 is 0 Å². The van der Waals surface area contributed by atoms with E-state index in [1.807, 2.05) is 0 Å². The molecule has 1 saturated carbocycles. The number of unbranched alkanes of at least 4 members (excludes halogenated alkanes) is 5. The topological polar surface area (TPSA) is 31.0 Å². The van der Waals surface area contributed by atoms with Gasteiger partial charge in [-0.1, -0.05) is 71.3 Å². The Morgan fingerprint density at radius 1 is 1.00 bits per heavy atom. The van der Waals surface area contributed by atoms with E-state index in [0.29, 0.717) is 6.10 Å². The van der Waals surface area contributed by atoms with Crippen LogP contribution in [0.1, 0.15) is 96.8 Å². The Kier molecular flexibility index (Phi) is 10.7. The van der Waals surface area contributed by atoms with Crippen LogP contribution < -0.4 is 0 Å². The van der Waals surface area contributed by atoms with Gasteiger partial charge >= 0.3 is 0 Å². The first kappa shape index (κ1) is 21.8. The van der Waals surface area contributed by atoms with Gasteiger partial charge in [-0.2, -0.15) is 0 Å². The monoisotopic (exact) mass is 366 g/mol. The molecule has 1 aliphatic carbocycles. The molecular formula is C23H42O3. The van der Waals surface area contributed by atoms with Crippen LogP contribution in [0.3, 0.4) is 0 Å². The first-order chi connectivity index (χ1) is 12.8. The smallest absolute Gasteiger partial charge is 0.104 e. The minimum atomic E-state index is 0.110. The zero-order valence-corrected chi connectivity index (χ0v) is 17.2. The molecule has 0 aromatic rings. The van der Waals surface area contributed by atoms with Gasteiger partial charge in [-0.15, -0.1) is 0 Å². The molecule has 0 amide bonds. The molecule has 2 unspecified atom stereocenters. The van der Waals surface area contributed by atoms with Gasteiger partial charge in [0.2, 0.25) is 0 Å². The molecule has 152 valence electrons. The second-order valence-electron chi connectivity index (χ2n) is 8.32. The quantitative estimate of drug-likeness (QED) is 0.180. The van der Waals surface area contributed by atoms with Crippen LogP contribution in [-0.2, 0) is 14.2 Å². The van der Waals surface area contributed by atoms with Crippen LogP contribution in [0.2, 0.25) is 0 Å². The molecule has 0 bridgehead atoms. The van der Waals surface area contributed by atoms with E-state index in [1.165, 1.54) is 83.5 Å². The maximum atomic E-state index is 6.72. The van der Waals surface area contributed by atoms with Crippen LogP contribution in [-0.4, -0.2) is 31.5 Å². The largest absolute Gasteiger partial charge is 0.502 e. The van der Waals surface area contributed by atoms with E-state index in [9.17, 15) is 0 Å². The van der Waals surface area contributed by atoms with Crippen LogP contribution in [0.15, 0.2) is 12.8 Å². The van der Waals surface area contributed by atoms with Crippen LogP contribution >= 0.6 is 0 Å². The molecule has 0 radical (unpaired) electrons. The summed E-state index contributed by atoms with van der Waals surface area (Å²) in [7, 11) is 0. The van der Waals surface area contributed by atoms with Crippen molar-refractivity contribution < 1.29 is 14.2 Å². The molecule has 0 aromatic heterocycles. The molecule has 2 rings (SSSR count). The van der Waals surface area contributed by atoms with Gasteiger partial charge in [0, 0.05) is 0 Å². The second-order valence-corrected chi connectivity index (χ2v) is 8.32. The fourth-order valence-electron chi connectivity index (χ4n) is 4.57. The van der Waals surface area contributed by atoms with Gasteiger partial charge in [0.25, 0.3) is 0 Å². The first-order valence-electron chi connectivity index (χ1n) is 11.3. The molecule has 0 spiro atoms. The van der Waals surface area contributed by atoms with E-state index in [0.717, 1.165) is 32.2 Å². The Balaban J connectivity index is 1.87. The maximum Gasteiger partial charge on any atom is 0.104 e. The van der Waals surface area contributed by atoms with E-state index < -0.39 is 0 Å². The molecule has 1 saturated heterocycles. The van der Waals surface area contributed by atoms with Crippen molar-refractivity contribution in [1.29, 1.82) is 0 Å². The van der Waals surface area contributed by atoms with E-state index in [4.69, 9.17) is 14.2 Å². The van der Waals surface area contributed by atoms with Crippen LogP contribution in [0, 0.1) is 5.92 Å². The lowest BCUT2D eigenvalue weighted by molar-refractivity contribution is -0.114. The summed E-state index contributed by atoms with van der Waals surface area (Å²) in [5.41, 5.74) is 0.110. The highest BCUT2D eigenvalue weighted by molar-refractivity contribution is 4.91. The molecule has 26 heavy (non-hydrogen) atoms. The van der Waals surface area contributed by atoms with Gasteiger partial charge in [0.05, 0.1) is 31.7 Å². The molecular weight excluding hydrogens is 324 g/mol. The zero-order chi connectivity index (χ0) is 18.5. The highest BCUT2D eigenvalue weighted by Crippen LogP contribution is 2.42. The Bertz CT molecular complexity index is 360. The summed E-state index contributed by atoms with van der Waals surface area (Å²) >= 11 is 0. The molecule has 2 aliphatic rings. The average Bonchev–Trinajstić information content (AvgIpc) is 3.50. The molecule has 0 N–H and O–H groups in total. The lowest BCUT2D eigenvalue weighted by Crippen LogP contribution is -2.43. The van der Waals surface area contributed by atoms with Crippen LogP contribution in [0.4, 0.5) is 0 Å². The summed E-state index contributed by atoms with van der Waals surface area (Å²) in [6.45, 7) is 8.43. The second kappa shape index (κ2) is 12.8. The molecule has 3 nitrogen and oxygen atoms in total. The summed E-state index contributed by atoms with van der Waals surface area (Å²) in [5.74, 6) is 0.760. The summed E-state index contributed by atoms with van der Waals surface area (Å²) in [6.07, 6.45) is 20.2. The Hall–Kier alpha value is -0.540. The van der Waals surface area contributed by atoms with Gasteiger partial charge in [-0.05, 0) is 38.0 Å². The van der Waals surface area contributed by atoms with Crippen molar-refractivity contribution in [2.45, 2.75) is 109 Å². The number of ether oxygens (including phenoxy) is 3. The minimum absolute atomic E-state index is 0.110. The highest BCUT2D eigenvalue weighted by Gasteiger charge is 2.40. The molecule has 2 fully saturated rings. The van der Waals surface area contributed by atoms with Crippen LogP contribution in [0.25, 0.3) is 0 Å². The van der Waals surface area contributed by atoms with E-state index in [2.05, 4.69) is 13.5 Å². The van der Waals surface area contributed by atoms with Crippen molar-refractivity contribution in [3.05, 3.63) is 12.8 Å². The minimum Gasteiger partial charge on any atom is -0.502 e. The highest BCUT2D eigenvalue weighted by atomic mass is 16.6. The number of rotatable bonds is 16. The Labute approximate surface area is 161 Å². The zero-order valence-electron chi connectivity index (χ0n) is 17.2. The van der Waals surface area contributed by atoms with Crippen LogP contribution in [0.5, 0.6) is 0 Å². The van der Waals surface area contributed by atoms with Gasteiger partial charge in [0.15, 0.2) is 0 Å². The summed E-state index contributed by atoms with van der Waals surface area (Å²) in [5, 5.41) is 0. The number of hydrogen-bond donors (Lipinski definition) is 0. The lowest BCUT2D eigenvalue weighted by Gasteiger charge is -2.43. The molecule has 0 aromatic carbocycles. The Morgan fingerprint density at radius 2 is 1.69 bits per heavy atom. The first-order valence-corrected chi connectivity index (χ1v) is 11.3. The summed E-state index contributed by atoms with van der Waals surface area (Å²) in [6, 6.07) is 0. The number of epoxide rings is 1. The average molecular weight is 367 g/mol. The normalized spacial score (nSPS) is 22.7. The predicted molar refractivity (Wildman–Crippen MR) is 108 cm³/mol. The van der Waals surface area contributed by atoms with E-state index >= 15 is 0 Å². The molecule has 1 heterocycles. The predicted octanol–water partition coefficient (Wildman–Crippen LogP) is 6.41. The molecule has 3 heteroatoms. The third-order valence-electron chi connectivity index (χ3n) is 6.24. The van der Waals surface area contributed by atoms with Gasteiger partial charge < -0.3 is 14.2 Å². The third kappa shape index (κ3) is 8.00. The third-order valence-corrected chi connectivity index (χ3v) is 6.24. The van der Waals surface area contributed by atoms with Crippen molar-refractivity contribution in [2.24, 2.45) is 5.92 Å². The number of hydrogen-bond acceptors (Lipinski definition) is 3. The van der Waals surface area contributed by atoms with Crippen molar-refractivity contribution in [2.75, 3.05) is 19.8 Å². The maximum absolute atomic E-state index is 6.72. The standard InChI is InChI=1S/C23H42O3/c1-3-5-11-16-23(26-20-22-19-25-22,21-14-9-8-10-15-21)17-12-6-7-13-18-24-4-2/h4,21-22H,2-3,5-20H2,1H3. The van der Waals surface area contributed by atoms with Crippen molar-refractivity contribution in [3.8, 4) is 0 Å². The molecule has 1 aliphatic heterocycles. The fraction of sp³-hybridized carbons (Fsp3) is 0.913. The van der Waals surface area contributed by atoms with Gasteiger partial charge in [-0.25, -0.2) is 0 Å². The Morgan fingerprint density at radius 3 is 2.35 bits per heavy atom. The SMILES string of the molecule is C=COCCCCCCC(CCCCC)(OCC1CO1)C1CCCCC1. The molecule has 2 atom stereocenters. The summed E-state index contributed by atoms with van der Waals surface area (Å²) in [4.78, 5) is 0. The van der Waals surface area contributed by atoms with Crippen molar-refractivity contribution in [3.63, 3.8) is 0 Å².